The fourth-order valence-corrected chi connectivity index (χ4v) is 3.43. The molecule has 2 unspecified atom stereocenters. The molecule has 2 heterocycles. The number of ether oxygens (including phenoxy) is 3. The van der Waals surface area contributed by atoms with Gasteiger partial charge in [0.1, 0.15) is 6.10 Å². The van der Waals surface area contributed by atoms with Crippen LogP contribution in [0.1, 0.15) is 25.3 Å². The molecular formula is C19H29N3O4. The maximum absolute atomic E-state index is 10.3. The van der Waals surface area contributed by atoms with Crippen molar-refractivity contribution in [2.75, 3.05) is 40.0 Å². The number of hydrogen-bond donors (Lipinski definition) is 2. The second-order valence-electron chi connectivity index (χ2n) is 6.54. The van der Waals surface area contributed by atoms with Gasteiger partial charge in [0.15, 0.2) is 17.5 Å². The largest absolute Gasteiger partial charge is 0.504 e. The van der Waals surface area contributed by atoms with Crippen molar-refractivity contribution in [3.05, 3.63) is 23.8 Å². The molecule has 2 atom stereocenters. The molecule has 0 bridgehead atoms. The van der Waals surface area contributed by atoms with Crippen LogP contribution in [0.15, 0.2) is 23.2 Å². The zero-order valence-electron chi connectivity index (χ0n) is 15.6. The Morgan fingerprint density at radius 1 is 1.35 bits per heavy atom. The lowest BCUT2D eigenvalue weighted by atomic mass is 10.1. The minimum atomic E-state index is 0.0836. The first kappa shape index (κ1) is 18.8. The Labute approximate surface area is 155 Å². The molecule has 0 radical (unpaired) electrons. The number of phenols is 1. The molecule has 0 aromatic heterocycles. The Hall–Kier alpha value is -1.99. The summed E-state index contributed by atoms with van der Waals surface area (Å²) < 4.78 is 16.9. The highest BCUT2D eigenvalue weighted by molar-refractivity contribution is 5.80. The topological polar surface area (TPSA) is 75.6 Å². The van der Waals surface area contributed by atoms with Gasteiger partial charge >= 0.3 is 0 Å². The van der Waals surface area contributed by atoms with Crippen LogP contribution < -0.4 is 10.1 Å². The van der Waals surface area contributed by atoms with Crippen LogP contribution in [0.5, 0.6) is 11.5 Å². The molecule has 2 N–H and O–H groups in total. The molecule has 2 aliphatic heterocycles. The maximum Gasteiger partial charge on any atom is 0.194 e. The van der Waals surface area contributed by atoms with Gasteiger partial charge in [-0.05, 0) is 25.8 Å². The summed E-state index contributed by atoms with van der Waals surface area (Å²) in [5, 5.41) is 13.6. The molecular weight excluding hydrogens is 334 g/mol. The van der Waals surface area contributed by atoms with E-state index in [0.29, 0.717) is 18.9 Å². The van der Waals surface area contributed by atoms with Crippen LogP contribution in [0.3, 0.4) is 0 Å². The molecule has 0 spiro atoms. The molecule has 7 nitrogen and oxygen atoms in total. The van der Waals surface area contributed by atoms with Gasteiger partial charge in [0.2, 0.25) is 0 Å². The first-order chi connectivity index (χ1) is 12.7. The van der Waals surface area contributed by atoms with Gasteiger partial charge in [-0.2, -0.15) is 0 Å². The highest BCUT2D eigenvalue weighted by Gasteiger charge is 2.32. The summed E-state index contributed by atoms with van der Waals surface area (Å²) in [4.78, 5) is 6.94. The van der Waals surface area contributed by atoms with Gasteiger partial charge < -0.3 is 29.5 Å². The zero-order valence-corrected chi connectivity index (χ0v) is 15.6. The average molecular weight is 363 g/mol. The summed E-state index contributed by atoms with van der Waals surface area (Å²) in [7, 11) is 1.55. The highest BCUT2D eigenvalue weighted by Crippen LogP contribution is 2.29. The van der Waals surface area contributed by atoms with Crippen LogP contribution in [0.25, 0.3) is 0 Å². The van der Waals surface area contributed by atoms with Crippen molar-refractivity contribution >= 4 is 5.96 Å². The minimum Gasteiger partial charge on any atom is -0.504 e. The molecule has 0 aliphatic carbocycles. The molecule has 7 heteroatoms. The highest BCUT2D eigenvalue weighted by atomic mass is 16.5. The van der Waals surface area contributed by atoms with Gasteiger partial charge in [-0.25, -0.2) is 4.99 Å². The third-order valence-electron chi connectivity index (χ3n) is 4.81. The van der Waals surface area contributed by atoms with Gasteiger partial charge in [0.05, 0.1) is 26.4 Å². The summed E-state index contributed by atoms with van der Waals surface area (Å²) in [5.74, 6) is 1.45. The van der Waals surface area contributed by atoms with E-state index in [9.17, 15) is 5.11 Å². The molecule has 1 aromatic rings. The Kier molecular flexibility index (Phi) is 6.57. The quantitative estimate of drug-likeness (QED) is 0.613. The van der Waals surface area contributed by atoms with E-state index in [4.69, 9.17) is 19.2 Å². The summed E-state index contributed by atoms with van der Waals surface area (Å²) in [6.45, 7) is 6.27. The van der Waals surface area contributed by atoms with Crippen LogP contribution in [-0.4, -0.2) is 68.1 Å². The molecule has 0 saturated carbocycles. The number of para-hydroxylation sites is 1. The predicted octanol–water partition coefficient (Wildman–Crippen LogP) is 1.75. The van der Waals surface area contributed by atoms with Crippen molar-refractivity contribution in [2.24, 2.45) is 4.99 Å². The van der Waals surface area contributed by atoms with E-state index in [1.54, 1.807) is 13.2 Å². The smallest absolute Gasteiger partial charge is 0.194 e. The standard InChI is InChI=1S/C19H29N3O4/c1-3-20-19(21-12-14-6-4-7-16(24-2)18(14)23)22-9-11-26-17(13-22)15-8-5-10-25-15/h4,6-7,15,17,23H,3,5,8-13H2,1-2H3,(H,20,21). The van der Waals surface area contributed by atoms with Gasteiger partial charge in [-0.3, -0.25) is 0 Å². The van der Waals surface area contributed by atoms with Crippen molar-refractivity contribution in [1.29, 1.82) is 0 Å². The Balaban J connectivity index is 1.70. The van der Waals surface area contributed by atoms with Crippen LogP contribution in [0.4, 0.5) is 0 Å². The van der Waals surface area contributed by atoms with E-state index in [2.05, 4.69) is 17.1 Å². The first-order valence-electron chi connectivity index (χ1n) is 9.34. The van der Waals surface area contributed by atoms with E-state index < -0.39 is 0 Å². The lowest BCUT2D eigenvalue weighted by Gasteiger charge is -2.37. The number of benzene rings is 1. The van der Waals surface area contributed by atoms with E-state index in [0.717, 1.165) is 50.6 Å². The molecule has 144 valence electrons. The summed E-state index contributed by atoms with van der Waals surface area (Å²) in [6, 6.07) is 5.46. The number of methoxy groups -OCH3 is 1. The van der Waals surface area contributed by atoms with E-state index >= 15 is 0 Å². The van der Waals surface area contributed by atoms with Crippen molar-refractivity contribution < 1.29 is 19.3 Å². The van der Waals surface area contributed by atoms with E-state index in [-0.39, 0.29) is 18.0 Å². The number of hydrogen-bond acceptors (Lipinski definition) is 5. The molecule has 2 aliphatic rings. The monoisotopic (exact) mass is 363 g/mol. The Morgan fingerprint density at radius 3 is 2.92 bits per heavy atom. The van der Waals surface area contributed by atoms with E-state index in [1.807, 2.05) is 12.1 Å². The van der Waals surface area contributed by atoms with Gasteiger partial charge in [0, 0.05) is 31.8 Å². The second kappa shape index (κ2) is 9.09. The third kappa shape index (κ3) is 4.40. The first-order valence-corrected chi connectivity index (χ1v) is 9.34. The number of morpholine rings is 1. The van der Waals surface area contributed by atoms with Gasteiger partial charge in [0.25, 0.3) is 0 Å². The number of nitrogens with zero attached hydrogens (tertiary/aromatic N) is 2. The normalized spacial score (nSPS) is 23.9. The lowest BCUT2D eigenvalue weighted by Crippen LogP contribution is -2.53. The molecule has 3 rings (SSSR count). The van der Waals surface area contributed by atoms with Gasteiger partial charge in [-0.1, -0.05) is 12.1 Å². The van der Waals surface area contributed by atoms with Crippen molar-refractivity contribution in [3.63, 3.8) is 0 Å². The fourth-order valence-electron chi connectivity index (χ4n) is 3.43. The number of rotatable bonds is 5. The number of phenolic OH excluding ortho intramolecular Hbond substituents is 1. The zero-order chi connectivity index (χ0) is 18.4. The predicted molar refractivity (Wildman–Crippen MR) is 99.8 cm³/mol. The third-order valence-corrected chi connectivity index (χ3v) is 4.81. The number of nitrogens with one attached hydrogen (secondary N) is 1. The summed E-state index contributed by atoms with van der Waals surface area (Å²) in [6.07, 6.45) is 2.43. The fraction of sp³-hybridized carbons (Fsp3) is 0.632. The number of aromatic hydroxyl groups is 1. The Morgan fingerprint density at radius 2 is 2.19 bits per heavy atom. The van der Waals surface area contributed by atoms with Gasteiger partial charge in [-0.15, -0.1) is 0 Å². The van der Waals surface area contributed by atoms with Crippen molar-refractivity contribution in [1.82, 2.24) is 10.2 Å². The average Bonchev–Trinajstić information content (AvgIpc) is 3.21. The number of guanidine groups is 1. The van der Waals surface area contributed by atoms with Crippen LogP contribution >= 0.6 is 0 Å². The lowest BCUT2D eigenvalue weighted by molar-refractivity contribution is -0.0817. The molecule has 2 fully saturated rings. The van der Waals surface area contributed by atoms with Crippen molar-refractivity contribution in [2.45, 2.75) is 38.5 Å². The molecule has 2 saturated heterocycles. The second-order valence-corrected chi connectivity index (χ2v) is 6.54. The van der Waals surface area contributed by atoms with Crippen molar-refractivity contribution in [3.8, 4) is 11.5 Å². The summed E-state index contributed by atoms with van der Waals surface area (Å²) >= 11 is 0. The van der Waals surface area contributed by atoms with Crippen LogP contribution in [-0.2, 0) is 16.0 Å². The molecule has 26 heavy (non-hydrogen) atoms. The number of aliphatic imine (C=N–C) groups is 1. The summed E-state index contributed by atoms with van der Waals surface area (Å²) in [5.41, 5.74) is 0.740. The van der Waals surface area contributed by atoms with Crippen LogP contribution in [0.2, 0.25) is 0 Å². The molecule has 0 amide bonds. The Bertz CT molecular complexity index is 617. The minimum absolute atomic E-state index is 0.0836. The van der Waals surface area contributed by atoms with Crippen LogP contribution in [0, 0.1) is 0 Å². The van der Waals surface area contributed by atoms with E-state index in [1.165, 1.54) is 0 Å². The SMILES string of the molecule is CCNC(=NCc1cccc(OC)c1O)N1CCOC(C2CCCO2)C1. The molecule has 1 aromatic carbocycles. The maximum atomic E-state index is 10.3.